The summed E-state index contributed by atoms with van der Waals surface area (Å²) < 4.78 is 0. The highest BCUT2D eigenvalue weighted by atomic mass is 16.3. The van der Waals surface area contributed by atoms with Crippen molar-refractivity contribution in [1.82, 2.24) is 0 Å². The molecule has 0 bridgehead atoms. The lowest BCUT2D eigenvalue weighted by Gasteiger charge is -2.36. The maximum atomic E-state index is 10.3. The molecule has 1 heteroatoms. The van der Waals surface area contributed by atoms with Gasteiger partial charge in [0.05, 0.1) is 6.10 Å². The normalized spacial score (nSPS) is 22.9. The highest BCUT2D eigenvalue weighted by Crippen LogP contribution is 2.34. The Morgan fingerprint density at radius 1 is 0.706 bits per heavy atom. The lowest BCUT2D eigenvalue weighted by molar-refractivity contribution is 0.0171. The summed E-state index contributed by atoms with van der Waals surface area (Å²) in [6.07, 6.45) is 0.906. The molecule has 0 aromatic heterocycles. The first-order valence-electron chi connectivity index (χ1n) is 7.42. The Hall–Kier alpha value is -0.0400. The van der Waals surface area contributed by atoms with Gasteiger partial charge in [0.1, 0.15) is 0 Å². The van der Waals surface area contributed by atoms with Crippen LogP contribution in [0.25, 0.3) is 0 Å². The van der Waals surface area contributed by atoms with Crippen molar-refractivity contribution in [2.24, 2.45) is 35.5 Å². The molecule has 0 aromatic rings. The van der Waals surface area contributed by atoms with Gasteiger partial charge in [0.15, 0.2) is 0 Å². The van der Waals surface area contributed by atoms with Gasteiger partial charge in [-0.3, -0.25) is 0 Å². The number of hydrogen-bond donors (Lipinski definition) is 1. The van der Waals surface area contributed by atoms with E-state index in [9.17, 15) is 5.11 Å². The molecule has 0 radical (unpaired) electrons. The average Bonchev–Trinajstić information content (AvgIpc) is 2.32. The minimum Gasteiger partial charge on any atom is -0.393 e. The van der Waals surface area contributed by atoms with E-state index in [1.807, 2.05) is 0 Å². The van der Waals surface area contributed by atoms with Crippen molar-refractivity contribution in [2.45, 2.75) is 67.9 Å². The quantitative estimate of drug-likeness (QED) is 0.692. The van der Waals surface area contributed by atoms with E-state index < -0.39 is 0 Å². The lowest BCUT2D eigenvalue weighted by atomic mass is 9.71. The summed E-state index contributed by atoms with van der Waals surface area (Å²) in [6, 6.07) is 0. The molecule has 6 atom stereocenters. The summed E-state index contributed by atoms with van der Waals surface area (Å²) in [5.74, 6) is 3.49. The molecule has 0 aliphatic heterocycles. The molecule has 0 heterocycles. The average molecular weight is 242 g/mol. The topological polar surface area (TPSA) is 20.2 Å². The number of hydrogen-bond acceptors (Lipinski definition) is 1. The van der Waals surface area contributed by atoms with Gasteiger partial charge in [0, 0.05) is 0 Å². The highest BCUT2D eigenvalue weighted by molar-refractivity contribution is 4.80. The van der Waals surface area contributed by atoms with Crippen LogP contribution in [0.3, 0.4) is 0 Å². The zero-order valence-electron chi connectivity index (χ0n) is 13.2. The van der Waals surface area contributed by atoms with Crippen LogP contribution in [0.5, 0.6) is 0 Å². The van der Waals surface area contributed by atoms with Crippen molar-refractivity contribution in [1.29, 1.82) is 0 Å². The smallest absolute Gasteiger partial charge is 0.0593 e. The zero-order valence-corrected chi connectivity index (χ0v) is 13.2. The van der Waals surface area contributed by atoms with E-state index >= 15 is 0 Å². The van der Waals surface area contributed by atoms with Gasteiger partial charge >= 0.3 is 0 Å². The summed E-state index contributed by atoms with van der Waals surface area (Å²) in [4.78, 5) is 0. The van der Waals surface area contributed by atoms with Gasteiger partial charge in [-0.05, 0) is 35.5 Å². The molecule has 0 aliphatic rings. The highest BCUT2D eigenvalue weighted by Gasteiger charge is 2.30. The van der Waals surface area contributed by atoms with E-state index in [0.29, 0.717) is 23.7 Å². The monoisotopic (exact) mass is 242 g/mol. The first kappa shape index (κ1) is 17.0. The second-order valence-electron chi connectivity index (χ2n) is 6.56. The van der Waals surface area contributed by atoms with Crippen molar-refractivity contribution >= 4 is 0 Å². The fourth-order valence-electron chi connectivity index (χ4n) is 2.64. The molecule has 1 N–H and O–H groups in total. The first-order chi connectivity index (χ1) is 7.73. The van der Waals surface area contributed by atoms with Crippen LogP contribution < -0.4 is 0 Å². The van der Waals surface area contributed by atoms with Gasteiger partial charge in [-0.15, -0.1) is 0 Å². The largest absolute Gasteiger partial charge is 0.393 e. The zero-order chi connectivity index (χ0) is 13.7. The molecule has 0 saturated carbocycles. The molecular weight excluding hydrogens is 208 g/mol. The van der Waals surface area contributed by atoms with E-state index in [1.54, 1.807) is 0 Å². The molecule has 0 aliphatic carbocycles. The van der Waals surface area contributed by atoms with Gasteiger partial charge in [0.25, 0.3) is 0 Å². The molecular formula is C16H34O. The number of aliphatic hydroxyl groups excluding tert-OH is 1. The van der Waals surface area contributed by atoms with Gasteiger partial charge in [-0.25, -0.2) is 0 Å². The van der Waals surface area contributed by atoms with Crippen molar-refractivity contribution in [3.63, 3.8) is 0 Å². The van der Waals surface area contributed by atoms with Crippen LogP contribution in [0.15, 0.2) is 0 Å². The van der Waals surface area contributed by atoms with Gasteiger partial charge < -0.3 is 5.11 Å². The molecule has 0 spiro atoms. The summed E-state index contributed by atoms with van der Waals surface area (Å²) in [6.45, 7) is 18.1. The third kappa shape index (κ3) is 4.62. The van der Waals surface area contributed by atoms with E-state index in [1.165, 1.54) is 0 Å². The Morgan fingerprint density at radius 2 is 1.12 bits per heavy atom. The van der Waals surface area contributed by atoms with Gasteiger partial charge in [-0.2, -0.15) is 0 Å². The van der Waals surface area contributed by atoms with Crippen molar-refractivity contribution in [3.05, 3.63) is 0 Å². The van der Waals surface area contributed by atoms with Crippen LogP contribution >= 0.6 is 0 Å². The van der Waals surface area contributed by atoms with Crippen LogP contribution in [0.1, 0.15) is 61.8 Å². The van der Waals surface area contributed by atoms with Crippen LogP contribution in [-0.4, -0.2) is 11.2 Å². The fourth-order valence-corrected chi connectivity index (χ4v) is 2.64. The standard InChI is InChI=1S/C16H34O/c1-9-11(4)16(17)15(8)14(7)13(6)12(5)10(2)3/h10-17H,9H2,1-8H3. The van der Waals surface area contributed by atoms with Crippen molar-refractivity contribution in [3.8, 4) is 0 Å². The molecule has 1 nitrogen and oxygen atoms in total. The van der Waals surface area contributed by atoms with Crippen LogP contribution in [-0.2, 0) is 0 Å². The molecule has 104 valence electrons. The number of aliphatic hydroxyl groups is 1. The summed E-state index contributed by atoms with van der Waals surface area (Å²) in [5, 5.41) is 10.3. The lowest BCUT2D eigenvalue weighted by Crippen LogP contribution is -2.34. The minimum absolute atomic E-state index is 0.156. The minimum atomic E-state index is -0.156. The maximum Gasteiger partial charge on any atom is 0.0593 e. The van der Waals surface area contributed by atoms with Gasteiger partial charge in [-0.1, -0.05) is 61.8 Å². The molecule has 0 amide bonds. The Balaban J connectivity index is 4.53. The molecule has 0 aromatic carbocycles. The summed E-state index contributed by atoms with van der Waals surface area (Å²) in [7, 11) is 0. The van der Waals surface area contributed by atoms with Gasteiger partial charge in [0.2, 0.25) is 0 Å². The molecule has 0 rings (SSSR count). The fraction of sp³-hybridized carbons (Fsp3) is 1.00. The summed E-state index contributed by atoms with van der Waals surface area (Å²) in [5.41, 5.74) is 0. The SMILES string of the molecule is CCC(C)C(O)C(C)C(C)C(C)C(C)C(C)C. The van der Waals surface area contributed by atoms with Crippen molar-refractivity contribution < 1.29 is 5.11 Å². The first-order valence-corrected chi connectivity index (χ1v) is 7.42. The Labute approximate surface area is 109 Å². The third-order valence-electron chi connectivity index (χ3n) is 5.31. The molecule has 17 heavy (non-hydrogen) atoms. The molecule has 0 saturated heterocycles. The molecule has 6 unspecified atom stereocenters. The van der Waals surface area contributed by atoms with Crippen molar-refractivity contribution in [2.75, 3.05) is 0 Å². The van der Waals surface area contributed by atoms with E-state index in [0.717, 1.165) is 18.3 Å². The predicted molar refractivity (Wildman–Crippen MR) is 77.0 cm³/mol. The number of rotatable bonds is 7. The Kier molecular flexibility index (Phi) is 7.39. The third-order valence-corrected chi connectivity index (χ3v) is 5.31. The second-order valence-corrected chi connectivity index (χ2v) is 6.56. The van der Waals surface area contributed by atoms with E-state index in [-0.39, 0.29) is 6.10 Å². The second kappa shape index (κ2) is 7.41. The van der Waals surface area contributed by atoms with Crippen LogP contribution in [0.4, 0.5) is 0 Å². The Morgan fingerprint density at radius 3 is 1.47 bits per heavy atom. The molecule has 0 fully saturated rings. The Bertz CT molecular complexity index is 200. The van der Waals surface area contributed by atoms with E-state index in [4.69, 9.17) is 0 Å². The maximum absolute atomic E-state index is 10.3. The summed E-state index contributed by atoms with van der Waals surface area (Å²) >= 11 is 0. The van der Waals surface area contributed by atoms with Crippen LogP contribution in [0.2, 0.25) is 0 Å². The van der Waals surface area contributed by atoms with E-state index in [2.05, 4.69) is 55.4 Å². The van der Waals surface area contributed by atoms with Crippen LogP contribution in [0, 0.1) is 35.5 Å². The predicted octanol–water partition coefficient (Wildman–Crippen LogP) is 4.59.